The van der Waals surface area contributed by atoms with Crippen LogP contribution in [-0.4, -0.2) is 6.54 Å². The van der Waals surface area contributed by atoms with Crippen LogP contribution in [0, 0.1) is 6.92 Å². The van der Waals surface area contributed by atoms with Crippen molar-refractivity contribution in [3.05, 3.63) is 33.8 Å². The first-order chi connectivity index (χ1) is 6.69. The molecule has 0 heterocycles. The van der Waals surface area contributed by atoms with Gasteiger partial charge in [0.15, 0.2) is 0 Å². The number of hydrogen-bond donors (Lipinski definition) is 1. The molecular formula is C12H18BrN. The fourth-order valence-electron chi connectivity index (χ4n) is 1.65. The quantitative estimate of drug-likeness (QED) is 0.863. The van der Waals surface area contributed by atoms with Crippen molar-refractivity contribution in [3.63, 3.8) is 0 Å². The summed E-state index contributed by atoms with van der Waals surface area (Å²) < 4.78 is 1.20. The number of aryl methyl sites for hydroxylation is 1. The second kappa shape index (κ2) is 5.52. The predicted molar refractivity (Wildman–Crippen MR) is 65.6 cm³/mol. The lowest BCUT2D eigenvalue weighted by Gasteiger charge is -2.18. The van der Waals surface area contributed by atoms with Crippen LogP contribution in [0.4, 0.5) is 0 Å². The fraction of sp³-hybridized carbons (Fsp3) is 0.500. The maximum Gasteiger partial charge on any atom is 0.0328 e. The maximum absolute atomic E-state index is 3.60. The molecule has 14 heavy (non-hydrogen) atoms. The molecule has 0 aliphatic carbocycles. The van der Waals surface area contributed by atoms with E-state index in [1.807, 2.05) is 0 Å². The van der Waals surface area contributed by atoms with Gasteiger partial charge >= 0.3 is 0 Å². The molecule has 0 aliphatic heterocycles. The minimum Gasteiger partial charge on any atom is -0.310 e. The fourth-order valence-corrected chi connectivity index (χ4v) is 2.17. The molecule has 0 fully saturated rings. The van der Waals surface area contributed by atoms with Crippen LogP contribution in [0.3, 0.4) is 0 Å². The number of halogens is 1. The molecule has 0 aromatic heterocycles. The lowest BCUT2D eigenvalue weighted by atomic mass is 10.0. The SMILES string of the molecule is CCNC(CC)c1cc(C)ccc1Br. The van der Waals surface area contributed by atoms with Gasteiger partial charge in [0.2, 0.25) is 0 Å². The Balaban J connectivity index is 2.96. The molecule has 0 saturated carbocycles. The summed E-state index contributed by atoms with van der Waals surface area (Å²) in [6, 6.07) is 6.98. The first kappa shape index (κ1) is 11.7. The molecule has 2 heteroatoms. The van der Waals surface area contributed by atoms with E-state index in [4.69, 9.17) is 0 Å². The molecule has 1 rings (SSSR count). The Bertz CT molecular complexity index is 296. The summed E-state index contributed by atoms with van der Waals surface area (Å²) in [5.41, 5.74) is 2.69. The van der Waals surface area contributed by atoms with Crippen LogP contribution in [0.15, 0.2) is 22.7 Å². The van der Waals surface area contributed by atoms with E-state index in [1.54, 1.807) is 0 Å². The number of rotatable bonds is 4. The van der Waals surface area contributed by atoms with E-state index in [1.165, 1.54) is 15.6 Å². The molecular weight excluding hydrogens is 238 g/mol. The number of benzene rings is 1. The zero-order valence-electron chi connectivity index (χ0n) is 9.10. The molecule has 0 radical (unpaired) electrons. The Morgan fingerprint density at radius 3 is 2.64 bits per heavy atom. The van der Waals surface area contributed by atoms with Gasteiger partial charge in [0.25, 0.3) is 0 Å². The molecule has 0 bridgehead atoms. The van der Waals surface area contributed by atoms with Crippen molar-refractivity contribution in [1.82, 2.24) is 5.32 Å². The second-order valence-corrected chi connectivity index (χ2v) is 4.40. The lowest BCUT2D eigenvalue weighted by Crippen LogP contribution is -2.20. The van der Waals surface area contributed by atoms with Crippen LogP contribution in [0.25, 0.3) is 0 Å². The highest BCUT2D eigenvalue weighted by Gasteiger charge is 2.10. The molecule has 1 nitrogen and oxygen atoms in total. The highest BCUT2D eigenvalue weighted by molar-refractivity contribution is 9.10. The molecule has 0 amide bonds. The Hall–Kier alpha value is -0.340. The normalized spacial score (nSPS) is 12.9. The van der Waals surface area contributed by atoms with Crippen LogP contribution in [0.5, 0.6) is 0 Å². The van der Waals surface area contributed by atoms with Gasteiger partial charge < -0.3 is 5.32 Å². The predicted octanol–water partition coefficient (Wildman–Crippen LogP) is 3.82. The third kappa shape index (κ3) is 2.82. The Morgan fingerprint density at radius 2 is 2.07 bits per heavy atom. The van der Waals surface area contributed by atoms with E-state index in [0.717, 1.165) is 13.0 Å². The van der Waals surface area contributed by atoms with Crippen molar-refractivity contribution < 1.29 is 0 Å². The van der Waals surface area contributed by atoms with E-state index >= 15 is 0 Å². The van der Waals surface area contributed by atoms with Crippen molar-refractivity contribution in [2.45, 2.75) is 33.2 Å². The van der Waals surface area contributed by atoms with Gasteiger partial charge in [-0.3, -0.25) is 0 Å². The molecule has 0 aliphatic rings. The van der Waals surface area contributed by atoms with Crippen LogP contribution in [0.2, 0.25) is 0 Å². The summed E-state index contributed by atoms with van der Waals surface area (Å²) in [6.45, 7) is 7.50. The van der Waals surface area contributed by atoms with Crippen molar-refractivity contribution >= 4 is 15.9 Å². The van der Waals surface area contributed by atoms with Crippen LogP contribution < -0.4 is 5.32 Å². The summed E-state index contributed by atoms with van der Waals surface area (Å²) in [4.78, 5) is 0. The van der Waals surface area contributed by atoms with Gasteiger partial charge in [-0.2, -0.15) is 0 Å². The van der Waals surface area contributed by atoms with Gasteiger partial charge in [-0.05, 0) is 31.5 Å². The topological polar surface area (TPSA) is 12.0 Å². The number of nitrogens with one attached hydrogen (secondary N) is 1. The zero-order chi connectivity index (χ0) is 10.6. The van der Waals surface area contributed by atoms with Gasteiger partial charge in [-0.25, -0.2) is 0 Å². The molecule has 1 aromatic carbocycles. The minimum atomic E-state index is 0.467. The summed E-state index contributed by atoms with van der Waals surface area (Å²) in [5, 5.41) is 3.49. The standard InChI is InChI=1S/C12H18BrN/c1-4-12(14-5-2)10-8-9(3)6-7-11(10)13/h6-8,12,14H,4-5H2,1-3H3. The minimum absolute atomic E-state index is 0.467. The van der Waals surface area contributed by atoms with E-state index in [0.29, 0.717) is 6.04 Å². The van der Waals surface area contributed by atoms with E-state index in [2.05, 4.69) is 60.2 Å². The van der Waals surface area contributed by atoms with Crippen LogP contribution in [-0.2, 0) is 0 Å². The smallest absolute Gasteiger partial charge is 0.0328 e. The molecule has 78 valence electrons. The third-order valence-electron chi connectivity index (χ3n) is 2.39. The van der Waals surface area contributed by atoms with Crippen molar-refractivity contribution in [1.29, 1.82) is 0 Å². The van der Waals surface area contributed by atoms with Gasteiger partial charge in [0.05, 0.1) is 0 Å². The van der Waals surface area contributed by atoms with E-state index in [-0.39, 0.29) is 0 Å². The lowest BCUT2D eigenvalue weighted by molar-refractivity contribution is 0.535. The molecule has 1 atom stereocenters. The zero-order valence-corrected chi connectivity index (χ0v) is 10.7. The Labute approximate surface area is 95.0 Å². The Morgan fingerprint density at radius 1 is 1.36 bits per heavy atom. The first-order valence-electron chi connectivity index (χ1n) is 5.18. The van der Waals surface area contributed by atoms with Crippen LogP contribution in [0.1, 0.15) is 37.4 Å². The van der Waals surface area contributed by atoms with Gasteiger partial charge in [0.1, 0.15) is 0 Å². The van der Waals surface area contributed by atoms with Crippen molar-refractivity contribution in [3.8, 4) is 0 Å². The molecule has 1 unspecified atom stereocenters. The second-order valence-electron chi connectivity index (χ2n) is 3.54. The maximum atomic E-state index is 3.60. The Kier molecular flexibility index (Phi) is 4.63. The van der Waals surface area contributed by atoms with Crippen LogP contribution >= 0.6 is 15.9 Å². The largest absolute Gasteiger partial charge is 0.310 e. The van der Waals surface area contributed by atoms with E-state index in [9.17, 15) is 0 Å². The molecule has 1 N–H and O–H groups in total. The highest BCUT2D eigenvalue weighted by atomic mass is 79.9. The van der Waals surface area contributed by atoms with Crippen molar-refractivity contribution in [2.24, 2.45) is 0 Å². The van der Waals surface area contributed by atoms with Gasteiger partial charge in [-0.15, -0.1) is 0 Å². The molecule has 0 spiro atoms. The first-order valence-corrected chi connectivity index (χ1v) is 5.97. The van der Waals surface area contributed by atoms with E-state index < -0.39 is 0 Å². The van der Waals surface area contributed by atoms with Gasteiger partial charge in [-0.1, -0.05) is 47.5 Å². The summed E-state index contributed by atoms with van der Waals surface area (Å²) >= 11 is 3.60. The summed E-state index contributed by atoms with van der Waals surface area (Å²) in [5.74, 6) is 0. The molecule has 0 saturated heterocycles. The highest BCUT2D eigenvalue weighted by Crippen LogP contribution is 2.26. The number of hydrogen-bond acceptors (Lipinski definition) is 1. The van der Waals surface area contributed by atoms with Gasteiger partial charge in [0, 0.05) is 10.5 Å². The average molecular weight is 256 g/mol. The molecule has 1 aromatic rings. The monoisotopic (exact) mass is 255 g/mol. The third-order valence-corrected chi connectivity index (χ3v) is 3.11. The summed E-state index contributed by atoms with van der Waals surface area (Å²) in [7, 11) is 0. The van der Waals surface area contributed by atoms with Crippen molar-refractivity contribution in [2.75, 3.05) is 6.54 Å². The summed E-state index contributed by atoms with van der Waals surface area (Å²) in [6.07, 6.45) is 1.12. The average Bonchev–Trinajstić information content (AvgIpc) is 2.18.